The molecule has 1 aliphatic heterocycles. The number of carbonyl (C=O) groups excluding carboxylic acids is 3. The summed E-state index contributed by atoms with van der Waals surface area (Å²) in [6.45, 7) is 16.6. The Hall–Kier alpha value is -5.34. The Kier molecular flexibility index (Phi) is 16.0. The third-order valence-electron chi connectivity index (χ3n) is 11.4. The van der Waals surface area contributed by atoms with E-state index in [0.29, 0.717) is 25.0 Å². The number of aliphatic hydroxyl groups is 1. The van der Waals surface area contributed by atoms with Crippen molar-refractivity contribution < 1.29 is 58.7 Å². The molecule has 8 atom stereocenters. The third-order valence-corrected chi connectivity index (χ3v) is 11.4. The quantitative estimate of drug-likeness (QED) is 0.134. The van der Waals surface area contributed by atoms with Gasteiger partial charge in [-0.25, -0.2) is 9.59 Å². The monoisotopic (exact) mass is 820 g/mol. The van der Waals surface area contributed by atoms with Gasteiger partial charge in [-0.3, -0.25) is 19.2 Å². The van der Waals surface area contributed by atoms with Gasteiger partial charge in [0.25, 0.3) is 5.97 Å². The predicted octanol–water partition coefficient (Wildman–Crippen LogP) is 6.60. The van der Waals surface area contributed by atoms with Crippen LogP contribution in [-0.4, -0.2) is 86.1 Å². The Balaban J connectivity index is 0.000000251. The molecule has 2 aromatic carbocycles. The SMILES string of the molecule is CC(=O)O.CC(=O)O[C@H]1C(=O)[C@]2(C)C=C[C@H]3OCC3C2C[C@]2(O)CC=C(C)C1C2(C)C.CC(C)(C)NC(=O)N[C@H](CC(=O)O)c1ccccc1.O=C(O)c1ccccc1. The number of fused-ring (bicyclic) bond motifs is 5. The molecule has 0 spiro atoms. The molecule has 59 heavy (non-hydrogen) atoms. The maximum Gasteiger partial charge on any atom is 0.335 e. The molecular weight excluding hydrogens is 760 g/mol. The fourth-order valence-corrected chi connectivity index (χ4v) is 8.25. The molecule has 3 unspecified atom stereocenters. The number of nitrogens with one attached hydrogen (secondary N) is 2. The minimum atomic E-state index is -0.965. The highest BCUT2D eigenvalue weighted by Gasteiger charge is 2.64. The summed E-state index contributed by atoms with van der Waals surface area (Å²) in [5, 5.41) is 42.0. The number of hydrogen-bond donors (Lipinski definition) is 6. The molecule has 1 saturated carbocycles. The van der Waals surface area contributed by atoms with E-state index in [-0.39, 0.29) is 47.6 Å². The normalized spacial score (nSPS) is 27.6. The molecule has 322 valence electrons. The fraction of sp³-hybridized carbons (Fsp3) is 0.511. The molecule has 6 rings (SSSR count). The lowest BCUT2D eigenvalue weighted by Crippen LogP contribution is -2.65. The van der Waals surface area contributed by atoms with E-state index in [2.05, 4.69) is 10.6 Å². The molecule has 2 aromatic rings. The minimum Gasteiger partial charge on any atom is -0.481 e. The van der Waals surface area contributed by atoms with Crippen LogP contribution in [0.4, 0.5) is 4.79 Å². The van der Waals surface area contributed by atoms with Crippen molar-refractivity contribution in [2.45, 2.75) is 111 Å². The van der Waals surface area contributed by atoms with E-state index in [0.717, 1.165) is 18.1 Å². The number of amides is 2. The zero-order valence-electron chi connectivity index (χ0n) is 35.4. The number of allylic oxidation sites excluding steroid dienone is 1. The van der Waals surface area contributed by atoms with Crippen LogP contribution in [0.2, 0.25) is 0 Å². The lowest BCUT2D eigenvalue weighted by atomic mass is 9.48. The highest BCUT2D eigenvalue weighted by molar-refractivity contribution is 5.93. The van der Waals surface area contributed by atoms with E-state index < -0.39 is 52.5 Å². The van der Waals surface area contributed by atoms with Gasteiger partial charge in [0.2, 0.25) is 0 Å². The topological polar surface area (TPSA) is 226 Å². The largest absolute Gasteiger partial charge is 0.481 e. The highest BCUT2D eigenvalue weighted by Crippen LogP contribution is 2.60. The van der Waals surface area contributed by atoms with Gasteiger partial charge in [-0.1, -0.05) is 86.2 Å². The second-order valence-corrected chi connectivity index (χ2v) is 17.3. The molecule has 1 heterocycles. The Morgan fingerprint density at radius 3 is 1.95 bits per heavy atom. The van der Waals surface area contributed by atoms with E-state index in [9.17, 15) is 29.1 Å². The summed E-state index contributed by atoms with van der Waals surface area (Å²) in [6, 6.07) is 16.4. The van der Waals surface area contributed by atoms with Crippen molar-refractivity contribution in [1.82, 2.24) is 10.6 Å². The van der Waals surface area contributed by atoms with Gasteiger partial charge in [0.15, 0.2) is 11.9 Å². The maximum atomic E-state index is 13.8. The molecule has 0 radical (unpaired) electrons. The standard InChI is InChI=1S/C22H30O5.C14H20N2O3.C7H6O2.C2H4O2/c1-12-6-9-22(25)10-15-14-11-26-16(14)7-8-21(15,5)19(24)18(27-13(2)23)17(12)20(22,3)4;1-14(2,3)16-13(19)15-11(9-12(17)18)10-7-5-4-6-8-10;8-7(9)6-4-2-1-3-5-6;1-2(3)4/h6-8,14-18,25H,9-11H2,1-5H3;4-8,11H,9H2,1-3H3,(H,17,18)(H2,15,16,19);1-5H,(H,8,9);1H3,(H,3,4)/t14?,15?,16-,17?,18-,21-,22-;11-;;/m11../s1. The van der Waals surface area contributed by atoms with Gasteiger partial charge in [0, 0.05) is 36.6 Å². The van der Waals surface area contributed by atoms with E-state index in [1.165, 1.54) is 6.92 Å². The lowest BCUT2D eigenvalue weighted by Gasteiger charge is -2.60. The van der Waals surface area contributed by atoms with Crippen LogP contribution in [0.5, 0.6) is 0 Å². The van der Waals surface area contributed by atoms with Crippen LogP contribution in [0.25, 0.3) is 0 Å². The zero-order chi connectivity index (χ0) is 44.5. The number of aromatic carboxylic acids is 1. The Labute approximate surface area is 346 Å². The Morgan fingerprint density at radius 2 is 1.49 bits per heavy atom. The number of benzene rings is 2. The van der Waals surface area contributed by atoms with Crippen LogP contribution in [0.3, 0.4) is 0 Å². The first kappa shape index (κ1) is 48.0. The second kappa shape index (κ2) is 19.6. The average Bonchev–Trinajstić information content (AvgIpc) is 3.11. The number of carbonyl (C=O) groups is 6. The molecule has 14 nitrogen and oxygen atoms in total. The fourth-order valence-electron chi connectivity index (χ4n) is 8.25. The number of carboxylic acids is 3. The number of ketones is 1. The van der Waals surface area contributed by atoms with Crippen LogP contribution in [0.1, 0.15) is 104 Å². The zero-order valence-corrected chi connectivity index (χ0v) is 35.4. The van der Waals surface area contributed by atoms with Gasteiger partial charge in [-0.15, -0.1) is 0 Å². The van der Waals surface area contributed by atoms with E-state index in [1.54, 1.807) is 42.5 Å². The summed E-state index contributed by atoms with van der Waals surface area (Å²) in [6.07, 6.45) is 6.01. The first-order valence-corrected chi connectivity index (χ1v) is 19.6. The van der Waals surface area contributed by atoms with Gasteiger partial charge < -0.3 is 40.5 Å². The number of aliphatic carboxylic acids is 2. The molecular formula is C45H60N2O12. The summed E-state index contributed by atoms with van der Waals surface area (Å²) in [7, 11) is 0. The first-order valence-electron chi connectivity index (χ1n) is 19.6. The van der Waals surface area contributed by atoms with Crippen molar-refractivity contribution in [3.63, 3.8) is 0 Å². The summed E-state index contributed by atoms with van der Waals surface area (Å²) in [5.41, 5.74) is -0.583. The smallest absolute Gasteiger partial charge is 0.335 e. The number of urea groups is 1. The average molecular weight is 821 g/mol. The van der Waals surface area contributed by atoms with E-state index in [4.69, 9.17) is 29.6 Å². The number of carboxylic acid groups (broad SMARTS) is 3. The highest BCUT2D eigenvalue weighted by atomic mass is 16.5. The molecule has 14 heteroatoms. The van der Waals surface area contributed by atoms with Crippen LogP contribution in [0, 0.1) is 28.6 Å². The van der Waals surface area contributed by atoms with E-state index >= 15 is 0 Å². The number of hydrogen-bond acceptors (Lipinski definition) is 9. The van der Waals surface area contributed by atoms with Gasteiger partial charge in [-0.2, -0.15) is 0 Å². The Bertz CT molecular complexity index is 1880. The van der Waals surface area contributed by atoms with Crippen molar-refractivity contribution >= 4 is 35.7 Å². The molecule has 2 bridgehead atoms. The van der Waals surface area contributed by atoms with E-state index in [1.807, 2.05) is 84.9 Å². The maximum absolute atomic E-state index is 13.8. The summed E-state index contributed by atoms with van der Waals surface area (Å²) < 4.78 is 11.3. The van der Waals surface area contributed by atoms with Gasteiger partial charge in [-0.05, 0) is 71.1 Å². The van der Waals surface area contributed by atoms with Crippen molar-refractivity contribution in [2.24, 2.45) is 28.6 Å². The molecule has 6 N–H and O–H groups in total. The van der Waals surface area contributed by atoms with Gasteiger partial charge >= 0.3 is 23.9 Å². The van der Waals surface area contributed by atoms with Crippen molar-refractivity contribution in [2.75, 3.05) is 6.61 Å². The van der Waals surface area contributed by atoms with Crippen molar-refractivity contribution in [3.05, 3.63) is 95.6 Å². The number of Topliss-reactive ketones (excluding diaryl/α,β-unsaturated/α-hetero) is 1. The number of ether oxygens (including phenoxy) is 2. The second-order valence-electron chi connectivity index (χ2n) is 17.3. The van der Waals surface area contributed by atoms with Crippen LogP contribution in [0.15, 0.2) is 84.5 Å². The molecule has 2 amide bonds. The molecule has 4 aliphatic rings. The minimum absolute atomic E-state index is 0.0193. The predicted molar refractivity (Wildman–Crippen MR) is 219 cm³/mol. The lowest BCUT2D eigenvalue weighted by molar-refractivity contribution is -0.204. The van der Waals surface area contributed by atoms with Crippen molar-refractivity contribution in [3.8, 4) is 0 Å². The summed E-state index contributed by atoms with van der Waals surface area (Å²) >= 11 is 0. The summed E-state index contributed by atoms with van der Waals surface area (Å²) in [4.78, 5) is 67.6. The summed E-state index contributed by atoms with van der Waals surface area (Å²) in [5.74, 6) is -3.35. The van der Waals surface area contributed by atoms with Crippen LogP contribution in [-0.2, 0) is 28.7 Å². The number of esters is 1. The van der Waals surface area contributed by atoms with Crippen LogP contribution < -0.4 is 10.6 Å². The Morgan fingerprint density at radius 1 is 0.932 bits per heavy atom. The molecule has 1 saturated heterocycles. The van der Waals surface area contributed by atoms with Gasteiger partial charge in [0.1, 0.15) is 0 Å². The molecule has 3 aliphatic carbocycles. The van der Waals surface area contributed by atoms with Crippen molar-refractivity contribution in [1.29, 1.82) is 0 Å². The molecule has 2 fully saturated rings. The van der Waals surface area contributed by atoms with Crippen LogP contribution >= 0.6 is 0 Å². The third kappa shape index (κ3) is 12.3. The van der Waals surface area contributed by atoms with Gasteiger partial charge in [0.05, 0.1) is 41.8 Å². The number of rotatable bonds is 6. The first-order chi connectivity index (χ1) is 27.3. The molecule has 0 aromatic heterocycles.